The van der Waals surface area contributed by atoms with E-state index in [4.69, 9.17) is 19.6 Å². The third kappa shape index (κ3) is 6.64. The van der Waals surface area contributed by atoms with Gasteiger partial charge in [0, 0.05) is 0 Å². The lowest BCUT2D eigenvalue weighted by atomic mass is 9.79. The first kappa shape index (κ1) is 18.9. The molecule has 0 amide bonds. The van der Waals surface area contributed by atoms with Crippen molar-refractivity contribution in [3.05, 3.63) is 0 Å². The highest BCUT2D eigenvalue weighted by Gasteiger charge is 2.36. The molecule has 0 aliphatic heterocycles. The number of hydrogen-bond acceptors (Lipinski definition) is 4. The Kier molecular flexibility index (Phi) is 6.66. The van der Waals surface area contributed by atoms with Crippen molar-refractivity contribution in [1.82, 2.24) is 0 Å². The lowest BCUT2D eigenvalue weighted by Gasteiger charge is -2.38. The molecule has 4 nitrogen and oxygen atoms in total. The lowest BCUT2D eigenvalue weighted by Crippen LogP contribution is -2.41. The summed E-state index contributed by atoms with van der Waals surface area (Å²) in [6.45, 7) is 13.8. The van der Waals surface area contributed by atoms with E-state index in [0.29, 0.717) is 5.92 Å². The predicted octanol–water partition coefficient (Wildman–Crippen LogP) is 5.17. The molecule has 0 N–H and O–H groups in total. The van der Waals surface area contributed by atoms with Gasteiger partial charge in [-0.05, 0) is 66.7 Å². The average Bonchev–Trinajstić information content (AvgIpc) is 2.45. The summed E-state index contributed by atoms with van der Waals surface area (Å²) in [5, 5.41) is 0. The van der Waals surface area contributed by atoms with Crippen LogP contribution >= 0.6 is 0 Å². The summed E-state index contributed by atoms with van der Waals surface area (Å²) < 4.78 is 0. The molecule has 0 aromatic heterocycles. The molecule has 0 atom stereocenters. The average molecular weight is 302 g/mol. The fraction of sp³-hybridized carbons (Fsp3) is 1.00. The lowest BCUT2D eigenvalue weighted by molar-refractivity contribution is -0.536. The van der Waals surface area contributed by atoms with E-state index in [-0.39, 0.29) is 11.2 Å². The monoisotopic (exact) mass is 302 g/mol. The summed E-state index contributed by atoms with van der Waals surface area (Å²) in [6.07, 6.45) is 7.17. The van der Waals surface area contributed by atoms with Gasteiger partial charge >= 0.3 is 0 Å². The molecular formula is C17H34O4. The van der Waals surface area contributed by atoms with Crippen molar-refractivity contribution in [2.24, 2.45) is 5.92 Å². The Morgan fingerprint density at radius 1 is 0.762 bits per heavy atom. The predicted molar refractivity (Wildman–Crippen MR) is 83.4 cm³/mol. The van der Waals surface area contributed by atoms with Crippen LogP contribution < -0.4 is 0 Å². The minimum Gasteiger partial charge on any atom is -0.228 e. The summed E-state index contributed by atoms with van der Waals surface area (Å²) in [5.74, 6) is -0.395. The van der Waals surface area contributed by atoms with Crippen molar-refractivity contribution in [1.29, 1.82) is 0 Å². The molecule has 1 rings (SSSR count). The molecule has 1 aliphatic carbocycles. The minimum absolute atomic E-state index is 0.304. The Labute approximate surface area is 130 Å². The molecule has 0 unspecified atom stereocenters. The second kappa shape index (κ2) is 7.40. The number of hydrogen-bond donors (Lipinski definition) is 0. The Morgan fingerprint density at radius 3 is 1.81 bits per heavy atom. The molecular weight excluding hydrogens is 268 g/mol. The van der Waals surface area contributed by atoms with E-state index in [2.05, 4.69) is 20.8 Å². The highest BCUT2D eigenvalue weighted by Crippen LogP contribution is 2.35. The molecule has 21 heavy (non-hydrogen) atoms. The maximum atomic E-state index is 5.73. The van der Waals surface area contributed by atoms with Gasteiger partial charge in [-0.1, -0.05) is 26.2 Å². The van der Waals surface area contributed by atoms with E-state index in [9.17, 15) is 0 Å². The molecule has 1 aliphatic rings. The summed E-state index contributed by atoms with van der Waals surface area (Å²) >= 11 is 0. The summed E-state index contributed by atoms with van der Waals surface area (Å²) in [4.78, 5) is 22.1. The van der Waals surface area contributed by atoms with Gasteiger partial charge in [0.05, 0.1) is 5.60 Å². The third-order valence-electron chi connectivity index (χ3n) is 4.36. The zero-order valence-electron chi connectivity index (χ0n) is 15.0. The molecule has 0 spiro atoms. The van der Waals surface area contributed by atoms with E-state index < -0.39 is 5.79 Å². The molecule has 1 fully saturated rings. The van der Waals surface area contributed by atoms with E-state index in [1.54, 1.807) is 13.8 Å². The second-order valence-electron chi connectivity index (χ2n) is 7.78. The molecule has 4 heteroatoms. The fourth-order valence-electron chi connectivity index (χ4n) is 2.36. The molecule has 126 valence electrons. The van der Waals surface area contributed by atoms with Gasteiger partial charge in [-0.25, -0.2) is 9.78 Å². The normalized spacial score (nSPS) is 19.0. The van der Waals surface area contributed by atoms with Gasteiger partial charge < -0.3 is 0 Å². The fourth-order valence-corrected chi connectivity index (χ4v) is 2.36. The van der Waals surface area contributed by atoms with Crippen molar-refractivity contribution in [3.63, 3.8) is 0 Å². The molecule has 0 aromatic rings. The largest absolute Gasteiger partial charge is 0.228 e. The maximum Gasteiger partial charge on any atom is 0.228 e. The third-order valence-corrected chi connectivity index (χ3v) is 4.36. The zero-order valence-corrected chi connectivity index (χ0v) is 15.0. The van der Waals surface area contributed by atoms with E-state index in [1.165, 1.54) is 32.1 Å². The van der Waals surface area contributed by atoms with E-state index >= 15 is 0 Å². The summed E-state index contributed by atoms with van der Waals surface area (Å²) in [6, 6.07) is 0. The Balaban J connectivity index is 2.43. The first-order valence-electron chi connectivity index (χ1n) is 8.32. The van der Waals surface area contributed by atoms with Crippen LogP contribution in [0.5, 0.6) is 0 Å². The van der Waals surface area contributed by atoms with E-state index in [0.717, 1.165) is 6.42 Å². The van der Waals surface area contributed by atoms with Crippen molar-refractivity contribution in [2.75, 3.05) is 0 Å². The van der Waals surface area contributed by atoms with Crippen LogP contribution in [0.25, 0.3) is 0 Å². The SMILES string of the molecule is CCC(C)(C)OOC(C)(C)OOC(C)(C)C1CCCCC1. The molecule has 1 saturated carbocycles. The first-order chi connectivity index (χ1) is 9.58. The standard InChI is InChI=1S/C17H34O4/c1-8-15(2,3)18-20-17(6,7)21-19-16(4,5)14-12-10-9-11-13-14/h14H,8-13H2,1-7H3. The maximum absolute atomic E-state index is 5.73. The van der Waals surface area contributed by atoms with Gasteiger partial charge in [0.1, 0.15) is 5.60 Å². The zero-order chi connectivity index (χ0) is 16.1. The van der Waals surface area contributed by atoms with Crippen LogP contribution in [-0.2, 0) is 19.6 Å². The molecule has 0 radical (unpaired) electrons. The Morgan fingerprint density at radius 2 is 1.29 bits per heavy atom. The van der Waals surface area contributed by atoms with Gasteiger partial charge in [-0.2, -0.15) is 9.78 Å². The minimum atomic E-state index is -0.932. The highest BCUT2D eigenvalue weighted by atomic mass is 17.3. The van der Waals surface area contributed by atoms with Crippen LogP contribution in [0.2, 0.25) is 0 Å². The summed E-state index contributed by atoms with van der Waals surface area (Å²) in [7, 11) is 0. The van der Waals surface area contributed by atoms with Crippen LogP contribution in [0.3, 0.4) is 0 Å². The second-order valence-corrected chi connectivity index (χ2v) is 7.78. The van der Waals surface area contributed by atoms with Crippen LogP contribution in [0.4, 0.5) is 0 Å². The first-order valence-corrected chi connectivity index (χ1v) is 8.32. The van der Waals surface area contributed by atoms with Crippen molar-refractivity contribution in [2.45, 2.75) is 104 Å². The van der Waals surface area contributed by atoms with Crippen molar-refractivity contribution in [3.8, 4) is 0 Å². The summed E-state index contributed by atoms with van der Waals surface area (Å²) in [5.41, 5.74) is -0.638. The van der Waals surface area contributed by atoms with Gasteiger partial charge in [0.2, 0.25) is 5.79 Å². The van der Waals surface area contributed by atoms with Crippen molar-refractivity contribution < 1.29 is 19.6 Å². The van der Waals surface area contributed by atoms with Crippen LogP contribution in [-0.4, -0.2) is 17.0 Å². The van der Waals surface area contributed by atoms with Crippen LogP contribution in [0.1, 0.15) is 87.0 Å². The molecule has 0 heterocycles. The Hall–Kier alpha value is -0.160. The van der Waals surface area contributed by atoms with Gasteiger partial charge in [-0.3, -0.25) is 0 Å². The van der Waals surface area contributed by atoms with E-state index in [1.807, 2.05) is 13.8 Å². The van der Waals surface area contributed by atoms with Crippen LogP contribution in [0, 0.1) is 5.92 Å². The highest BCUT2D eigenvalue weighted by molar-refractivity contribution is 4.81. The Bertz CT molecular complexity index is 304. The van der Waals surface area contributed by atoms with Gasteiger partial charge in [0.15, 0.2) is 0 Å². The topological polar surface area (TPSA) is 36.9 Å². The molecule has 0 aromatic carbocycles. The van der Waals surface area contributed by atoms with Crippen molar-refractivity contribution >= 4 is 0 Å². The van der Waals surface area contributed by atoms with Crippen LogP contribution in [0.15, 0.2) is 0 Å². The number of rotatable bonds is 8. The molecule has 0 bridgehead atoms. The smallest absolute Gasteiger partial charge is 0.228 e. The molecule has 0 saturated heterocycles. The quantitative estimate of drug-likeness (QED) is 0.352. The van der Waals surface area contributed by atoms with Gasteiger partial charge in [0.25, 0.3) is 0 Å². The van der Waals surface area contributed by atoms with Gasteiger partial charge in [-0.15, -0.1) is 0 Å².